The summed E-state index contributed by atoms with van der Waals surface area (Å²) in [6.07, 6.45) is 6.69. The number of amides is 6. The van der Waals surface area contributed by atoms with E-state index in [-0.39, 0.29) is 30.2 Å². The minimum Gasteiger partial charge on any atom is -0.444 e. The molecule has 15 nitrogen and oxygen atoms in total. The molecule has 6 atom stereocenters. The van der Waals surface area contributed by atoms with Crippen molar-refractivity contribution >= 4 is 35.6 Å². The average molecular weight is 757 g/mol. The number of likely N-dealkylation sites (tertiary alicyclic amines) is 1. The van der Waals surface area contributed by atoms with Gasteiger partial charge in [0.2, 0.25) is 23.6 Å². The van der Waals surface area contributed by atoms with E-state index in [0.717, 1.165) is 32.1 Å². The molecule has 0 aromatic heterocycles. The lowest BCUT2D eigenvalue weighted by molar-refractivity contribution is -0.198. The van der Waals surface area contributed by atoms with Crippen LogP contribution in [-0.2, 0) is 28.7 Å². The van der Waals surface area contributed by atoms with Crippen molar-refractivity contribution in [1.29, 1.82) is 0 Å². The SMILES string of the molecule is CCCC[C@H](NC(=O)[C@@H]1[C@H]2CC[C@H](C2)N1C(=O)[C@@H](NC(=O)OC(C)(C)C)C1CCCCC1)C(O)(O)C(=O)NCC(=O)N[C@H](C(=O)N(C)C)c1ccccc1. The molecule has 15 heteroatoms. The van der Waals surface area contributed by atoms with E-state index in [4.69, 9.17) is 4.74 Å². The van der Waals surface area contributed by atoms with Gasteiger partial charge in [-0.05, 0) is 76.7 Å². The molecule has 2 saturated carbocycles. The van der Waals surface area contributed by atoms with Crippen LogP contribution in [0.2, 0.25) is 0 Å². The Morgan fingerprint density at radius 2 is 1.59 bits per heavy atom. The highest BCUT2D eigenvalue weighted by molar-refractivity contribution is 5.95. The molecule has 6 amide bonds. The molecule has 0 unspecified atom stereocenters. The number of nitrogens with zero attached hydrogens (tertiary/aromatic N) is 2. The quantitative estimate of drug-likeness (QED) is 0.145. The molecule has 1 heterocycles. The summed E-state index contributed by atoms with van der Waals surface area (Å²) in [6.45, 7) is 6.42. The first kappa shape index (κ1) is 42.5. The molecule has 0 radical (unpaired) electrons. The van der Waals surface area contributed by atoms with E-state index in [2.05, 4.69) is 21.3 Å². The summed E-state index contributed by atoms with van der Waals surface area (Å²) in [4.78, 5) is 83.6. The second kappa shape index (κ2) is 18.4. The van der Waals surface area contributed by atoms with Crippen molar-refractivity contribution in [2.75, 3.05) is 20.6 Å². The number of aliphatic hydroxyl groups is 2. The largest absolute Gasteiger partial charge is 0.444 e. The summed E-state index contributed by atoms with van der Waals surface area (Å²) >= 11 is 0. The van der Waals surface area contributed by atoms with Crippen molar-refractivity contribution in [3.63, 3.8) is 0 Å². The molecule has 1 aromatic carbocycles. The van der Waals surface area contributed by atoms with Crippen LogP contribution in [0, 0.1) is 11.8 Å². The third kappa shape index (κ3) is 10.7. The van der Waals surface area contributed by atoms with Crippen LogP contribution >= 0.6 is 0 Å². The van der Waals surface area contributed by atoms with Crippen LogP contribution in [-0.4, -0.2) is 112 Å². The molecular weight excluding hydrogens is 696 g/mol. The lowest BCUT2D eigenvalue weighted by Gasteiger charge is -2.40. The monoisotopic (exact) mass is 756 g/mol. The van der Waals surface area contributed by atoms with Crippen LogP contribution in [0.1, 0.15) is 110 Å². The van der Waals surface area contributed by atoms with Crippen LogP contribution in [0.15, 0.2) is 30.3 Å². The molecule has 3 fully saturated rings. The van der Waals surface area contributed by atoms with Crippen molar-refractivity contribution < 1.29 is 43.7 Å². The number of fused-ring (bicyclic) bond motifs is 2. The van der Waals surface area contributed by atoms with Gasteiger partial charge >= 0.3 is 6.09 Å². The van der Waals surface area contributed by atoms with E-state index < -0.39 is 71.8 Å². The van der Waals surface area contributed by atoms with E-state index in [9.17, 15) is 39.0 Å². The van der Waals surface area contributed by atoms with Gasteiger partial charge in [-0.3, -0.25) is 24.0 Å². The molecule has 4 rings (SSSR count). The van der Waals surface area contributed by atoms with Gasteiger partial charge in [0.1, 0.15) is 23.7 Å². The van der Waals surface area contributed by atoms with E-state index in [1.807, 2.05) is 6.92 Å². The zero-order chi connectivity index (χ0) is 39.8. The molecule has 3 aliphatic rings. The number of alkyl carbamates (subject to hydrolysis) is 1. The Morgan fingerprint density at radius 1 is 0.926 bits per heavy atom. The number of piperidine rings is 1. The summed E-state index contributed by atoms with van der Waals surface area (Å²) in [5.41, 5.74) is -0.254. The van der Waals surface area contributed by atoms with E-state index in [0.29, 0.717) is 37.7 Å². The lowest BCUT2D eigenvalue weighted by Crippen LogP contribution is -2.65. The molecule has 0 spiro atoms. The van der Waals surface area contributed by atoms with Crippen molar-refractivity contribution in [2.24, 2.45) is 11.8 Å². The maximum Gasteiger partial charge on any atom is 0.408 e. The lowest BCUT2D eigenvalue weighted by atomic mass is 9.83. The molecule has 2 bridgehead atoms. The summed E-state index contributed by atoms with van der Waals surface area (Å²) in [5.74, 6) is -6.90. The topological polar surface area (TPSA) is 207 Å². The van der Waals surface area contributed by atoms with Crippen LogP contribution in [0.3, 0.4) is 0 Å². The van der Waals surface area contributed by atoms with Crippen molar-refractivity contribution in [1.82, 2.24) is 31.1 Å². The van der Waals surface area contributed by atoms with Crippen LogP contribution < -0.4 is 21.3 Å². The molecule has 1 aromatic rings. The zero-order valence-corrected chi connectivity index (χ0v) is 32.6. The maximum atomic E-state index is 14.5. The van der Waals surface area contributed by atoms with Gasteiger partial charge in [0, 0.05) is 20.1 Å². The number of likely N-dealkylation sites (N-methyl/N-ethyl adjacent to an activating group) is 1. The zero-order valence-electron chi connectivity index (χ0n) is 32.6. The summed E-state index contributed by atoms with van der Waals surface area (Å²) in [6, 6.07) is 3.97. The standard InChI is InChI=1S/C39H60N6O9/c1-7-8-19-28(39(52,53)36(50)40-23-29(46)42-30(34(48)44(5)6)24-15-11-9-12-16-24)41-33(47)32-26-20-21-27(22-26)45(32)35(49)31(25-17-13-10-14-18-25)43-37(51)54-38(2,3)4/h9,11-12,15-16,25-28,30-32,52-53H,7-8,10,13-14,17-23H2,1-6H3,(H,40,50)(H,41,47)(H,42,46)(H,43,51)/t26-,27+,28-,30-,31-,32-/m0/s1. The average Bonchev–Trinajstić information content (AvgIpc) is 3.75. The number of carbonyl (C=O) groups is 6. The van der Waals surface area contributed by atoms with Crippen molar-refractivity contribution in [2.45, 2.75) is 140 Å². The Morgan fingerprint density at radius 3 is 2.20 bits per heavy atom. The van der Waals surface area contributed by atoms with Gasteiger partial charge in [0.15, 0.2) is 0 Å². The summed E-state index contributed by atoms with van der Waals surface area (Å²) < 4.78 is 5.52. The first-order valence-electron chi connectivity index (χ1n) is 19.3. The summed E-state index contributed by atoms with van der Waals surface area (Å²) in [7, 11) is 3.09. The number of hydrogen-bond donors (Lipinski definition) is 6. The fourth-order valence-electron chi connectivity index (χ4n) is 7.98. The number of benzene rings is 1. The van der Waals surface area contributed by atoms with Crippen molar-refractivity contribution in [3.8, 4) is 0 Å². The Balaban J connectivity index is 1.48. The highest BCUT2D eigenvalue weighted by Crippen LogP contribution is 2.44. The van der Waals surface area contributed by atoms with Gasteiger partial charge in [-0.1, -0.05) is 69.4 Å². The van der Waals surface area contributed by atoms with Gasteiger partial charge in [0.25, 0.3) is 11.7 Å². The number of hydrogen-bond acceptors (Lipinski definition) is 9. The predicted octanol–water partition coefficient (Wildman–Crippen LogP) is 2.26. The van der Waals surface area contributed by atoms with Gasteiger partial charge in [0.05, 0.1) is 12.6 Å². The fourth-order valence-corrected chi connectivity index (χ4v) is 7.98. The number of carbonyl (C=O) groups excluding carboxylic acids is 6. The highest BCUT2D eigenvalue weighted by atomic mass is 16.6. The number of ether oxygens (including phenoxy) is 1. The second-order valence-corrected chi connectivity index (χ2v) is 16.2. The number of rotatable bonds is 15. The first-order chi connectivity index (χ1) is 25.4. The smallest absolute Gasteiger partial charge is 0.408 e. The van der Waals surface area contributed by atoms with Crippen molar-refractivity contribution in [3.05, 3.63) is 35.9 Å². The number of unbranched alkanes of at least 4 members (excludes halogenated alkanes) is 1. The first-order valence-corrected chi connectivity index (χ1v) is 19.3. The molecule has 1 aliphatic heterocycles. The minimum absolute atomic E-state index is 0.0158. The number of nitrogens with one attached hydrogen (secondary N) is 4. The highest BCUT2D eigenvalue weighted by Gasteiger charge is 2.54. The Kier molecular flexibility index (Phi) is 14.5. The Hall–Kier alpha value is -4.24. The van der Waals surface area contributed by atoms with Crippen LogP contribution in [0.25, 0.3) is 0 Å². The molecule has 1 saturated heterocycles. The third-order valence-electron chi connectivity index (χ3n) is 10.7. The minimum atomic E-state index is -3.13. The summed E-state index contributed by atoms with van der Waals surface area (Å²) in [5, 5.41) is 32.8. The molecule has 6 N–H and O–H groups in total. The predicted molar refractivity (Wildman–Crippen MR) is 199 cm³/mol. The normalized spacial score (nSPS) is 21.7. The Labute approximate surface area is 318 Å². The molecular formula is C39H60N6O9. The second-order valence-electron chi connectivity index (χ2n) is 16.2. The van der Waals surface area contributed by atoms with E-state index in [1.54, 1.807) is 70.1 Å². The molecule has 300 valence electrons. The third-order valence-corrected chi connectivity index (χ3v) is 10.7. The maximum absolute atomic E-state index is 14.5. The fraction of sp³-hybridized carbons (Fsp3) is 0.692. The van der Waals surface area contributed by atoms with Gasteiger partial charge in [-0.2, -0.15) is 0 Å². The van der Waals surface area contributed by atoms with Gasteiger partial charge in [-0.15, -0.1) is 0 Å². The van der Waals surface area contributed by atoms with E-state index in [1.165, 1.54) is 4.90 Å². The molecule has 54 heavy (non-hydrogen) atoms. The molecule has 2 aliphatic carbocycles. The van der Waals surface area contributed by atoms with Crippen LogP contribution in [0.5, 0.6) is 0 Å². The van der Waals surface area contributed by atoms with Crippen LogP contribution in [0.4, 0.5) is 4.79 Å². The van der Waals surface area contributed by atoms with Gasteiger partial charge < -0.3 is 46.0 Å². The Bertz CT molecular complexity index is 1490. The van der Waals surface area contributed by atoms with E-state index >= 15 is 0 Å². The van der Waals surface area contributed by atoms with Gasteiger partial charge in [-0.25, -0.2) is 4.79 Å².